The lowest BCUT2D eigenvalue weighted by molar-refractivity contribution is 0.454. The molecule has 88 valence electrons. The summed E-state index contributed by atoms with van der Waals surface area (Å²) in [5, 5.41) is 8.56. The average molecular weight is 217 g/mol. The predicted octanol–water partition coefficient (Wildman–Crippen LogP) is 4.64. The van der Waals surface area contributed by atoms with Gasteiger partial charge in [0.1, 0.15) is 0 Å². The summed E-state index contributed by atoms with van der Waals surface area (Å²) < 4.78 is 0. The average Bonchev–Trinajstić information content (AvgIpc) is 2.31. The third kappa shape index (κ3) is 6.24. The third-order valence-electron chi connectivity index (χ3n) is 3.06. The zero-order valence-corrected chi connectivity index (χ0v) is 10.8. The van der Waals surface area contributed by atoms with Gasteiger partial charge < -0.3 is 0 Å². The van der Waals surface area contributed by atoms with Crippen molar-refractivity contribution in [2.45, 2.75) is 40.0 Å². The molecule has 16 heavy (non-hydrogen) atoms. The molecule has 0 rings (SSSR count). The van der Waals surface area contributed by atoms with Crippen LogP contribution in [0.2, 0.25) is 0 Å². The summed E-state index contributed by atoms with van der Waals surface area (Å²) >= 11 is 0. The lowest BCUT2D eigenvalue weighted by Crippen LogP contribution is -2.00. The number of allylic oxidation sites excluding steroid dienone is 4. The van der Waals surface area contributed by atoms with Gasteiger partial charge in [-0.05, 0) is 24.3 Å². The number of nitrogens with zero attached hydrogens (tertiary/aromatic N) is 1. The highest BCUT2D eigenvalue weighted by Gasteiger charge is 2.06. The molecule has 0 spiro atoms. The molecule has 1 nitrogen and oxygen atoms in total. The summed E-state index contributed by atoms with van der Waals surface area (Å²) in [6.07, 6.45) is 7.29. The van der Waals surface area contributed by atoms with Crippen molar-refractivity contribution in [3.63, 3.8) is 0 Å². The number of nitriles is 1. The first kappa shape index (κ1) is 14.7. The Hall–Kier alpha value is -1.29. The number of rotatable bonds is 7. The van der Waals surface area contributed by atoms with E-state index < -0.39 is 0 Å². The van der Waals surface area contributed by atoms with E-state index in [2.05, 4.69) is 33.9 Å². The molecule has 0 bridgehead atoms. The van der Waals surface area contributed by atoms with E-state index in [1.165, 1.54) is 12.8 Å². The van der Waals surface area contributed by atoms with Crippen LogP contribution in [0.4, 0.5) is 0 Å². The van der Waals surface area contributed by atoms with Crippen molar-refractivity contribution in [1.29, 1.82) is 5.26 Å². The molecule has 0 heterocycles. The van der Waals surface area contributed by atoms with E-state index >= 15 is 0 Å². The maximum Gasteiger partial charge on any atom is 0.0985 e. The Labute approximate surface area is 100 Å². The minimum Gasteiger partial charge on any atom is -0.192 e. The van der Waals surface area contributed by atoms with Gasteiger partial charge in [0.2, 0.25) is 0 Å². The van der Waals surface area contributed by atoms with Gasteiger partial charge in [0.15, 0.2) is 0 Å². The van der Waals surface area contributed by atoms with Gasteiger partial charge in [0.25, 0.3) is 0 Å². The van der Waals surface area contributed by atoms with Gasteiger partial charge in [-0.15, -0.1) is 0 Å². The number of hydrogen-bond acceptors (Lipinski definition) is 1. The highest BCUT2D eigenvalue weighted by Crippen LogP contribution is 2.20. The topological polar surface area (TPSA) is 23.8 Å². The standard InChI is InChI=1S/C15H23N/c1-6-12(2)7-9-14(4)15(5)10-8-13(3)11-16/h8,10,12,14H,3,5-7,9H2,1-2,4H3/b10-8-. The van der Waals surface area contributed by atoms with Crippen molar-refractivity contribution in [3.8, 4) is 6.07 Å². The molecule has 0 aliphatic carbocycles. The molecule has 0 radical (unpaired) electrons. The highest BCUT2D eigenvalue weighted by atomic mass is 14.2. The van der Waals surface area contributed by atoms with E-state index in [-0.39, 0.29) is 0 Å². The largest absolute Gasteiger partial charge is 0.192 e. The molecule has 0 N–H and O–H groups in total. The fraction of sp³-hybridized carbons (Fsp3) is 0.533. The maximum absolute atomic E-state index is 8.56. The van der Waals surface area contributed by atoms with Gasteiger partial charge in [0, 0.05) is 5.57 Å². The predicted molar refractivity (Wildman–Crippen MR) is 70.9 cm³/mol. The van der Waals surface area contributed by atoms with E-state index in [0.29, 0.717) is 11.5 Å². The fourth-order valence-corrected chi connectivity index (χ4v) is 1.33. The molecular formula is C15H23N. The van der Waals surface area contributed by atoms with Crippen molar-refractivity contribution in [3.05, 3.63) is 36.5 Å². The van der Waals surface area contributed by atoms with E-state index in [1.54, 1.807) is 6.08 Å². The molecule has 0 aliphatic heterocycles. The van der Waals surface area contributed by atoms with Crippen molar-refractivity contribution in [1.82, 2.24) is 0 Å². The second kappa shape index (κ2) is 7.93. The Kier molecular flexibility index (Phi) is 7.29. The molecule has 1 heteroatoms. The van der Waals surface area contributed by atoms with Gasteiger partial charge in [-0.3, -0.25) is 0 Å². The molecule has 0 fully saturated rings. The SMILES string of the molecule is C=C(C#N)/C=C\C(=C)C(C)CCC(C)CC. The van der Waals surface area contributed by atoms with Crippen LogP contribution in [0.15, 0.2) is 36.5 Å². The number of hydrogen-bond donors (Lipinski definition) is 0. The molecule has 2 atom stereocenters. The Balaban J connectivity index is 4.05. The van der Waals surface area contributed by atoms with E-state index in [4.69, 9.17) is 5.26 Å². The van der Waals surface area contributed by atoms with Crippen LogP contribution in [0.3, 0.4) is 0 Å². The van der Waals surface area contributed by atoms with Crippen molar-refractivity contribution in [2.75, 3.05) is 0 Å². The second-order valence-electron chi connectivity index (χ2n) is 4.54. The zero-order valence-electron chi connectivity index (χ0n) is 10.8. The summed E-state index contributed by atoms with van der Waals surface area (Å²) in [4.78, 5) is 0. The van der Waals surface area contributed by atoms with E-state index in [9.17, 15) is 0 Å². The van der Waals surface area contributed by atoms with Gasteiger partial charge >= 0.3 is 0 Å². The molecule has 0 aromatic carbocycles. The first-order chi connectivity index (χ1) is 7.51. The van der Waals surface area contributed by atoms with Crippen LogP contribution >= 0.6 is 0 Å². The van der Waals surface area contributed by atoms with Crippen LogP contribution in [0, 0.1) is 23.2 Å². The van der Waals surface area contributed by atoms with Crippen molar-refractivity contribution < 1.29 is 0 Å². The molecule has 0 aromatic heterocycles. The van der Waals surface area contributed by atoms with Crippen LogP contribution < -0.4 is 0 Å². The summed E-state index contributed by atoms with van der Waals surface area (Å²) in [5.41, 5.74) is 1.56. The first-order valence-corrected chi connectivity index (χ1v) is 5.97. The van der Waals surface area contributed by atoms with Crippen LogP contribution in [0.25, 0.3) is 0 Å². The highest BCUT2D eigenvalue weighted by molar-refractivity contribution is 5.33. The monoisotopic (exact) mass is 217 g/mol. The molecule has 0 saturated heterocycles. The minimum absolute atomic E-state index is 0.482. The Morgan fingerprint density at radius 3 is 2.38 bits per heavy atom. The summed E-state index contributed by atoms with van der Waals surface area (Å²) in [5.74, 6) is 1.27. The summed E-state index contributed by atoms with van der Waals surface area (Å²) in [6.45, 7) is 14.3. The Bertz CT molecular complexity index is 304. The molecule has 0 saturated carbocycles. The Morgan fingerprint density at radius 2 is 1.88 bits per heavy atom. The minimum atomic E-state index is 0.482. The van der Waals surface area contributed by atoms with Crippen LogP contribution in [-0.2, 0) is 0 Å². The quantitative estimate of drug-likeness (QED) is 0.450. The molecule has 0 amide bonds. The van der Waals surface area contributed by atoms with Gasteiger partial charge in [0.05, 0.1) is 6.07 Å². The fourth-order valence-electron chi connectivity index (χ4n) is 1.33. The first-order valence-electron chi connectivity index (χ1n) is 5.97. The molecule has 2 unspecified atom stereocenters. The molecule has 0 aromatic rings. The van der Waals surface area contributed by atoms with E-state index in [0.717, 1.165) is 17.9 Å². The van der Waals surface area contributed by atoms with Gasteiger partial charge in [-0.1, -0.05) is 58.4 Å². The van der Waals surface area contributed by atoms with Crippen LogP contribution in [-0.4, -0.2) is 0 Å². The zero-order chi connectivity index (χ0) is 12.6. The third-order valence-corrected chi connectivity index (χ3v) is 3.06. The maximum atomic E-state index is 8.56. The molecular weight excluding hydrogens is 194 g/mol. The lowest BCUT2D eigenvalue weighted by Gasteiger charge is -2.14. The smallest absolute Gasteiger partial charge is 0.0985 e. The van der Waals surface area contributed by atoms with Crippen LogP contribution in [0.1, 0.15) is 40.0 Å². The summed E-state index contributed by atoms with van der Waals surface area (Å²) in [7, 11) is 0. The normalized spacial score (nSPS) is 14.4. The Morgan fingerprint density at radius 1 is 1.25 bits per heavy atom. The van der Waals surface area contributed by atoms with Crippen molar-refractivity contribution >= 4 is 0 Å². The van der Waals surface area contributed by atoms with Gasteiger partial charge in [-0.2, -0.15) is 5.26 Å². The molecule has 0 aliphatic rings. The lowest BCUT2D eigenvalue weighted by atomic mass is 9.91. The van der Waals surface area contributed by atoms with Crippen molar-refractivity contribution in [2.24, 2.45) is 11.8 Å². The van der Waals surface area contributed by atoms with Crippen LogP contribution in [0.5, 0.6) is 0 Å². The summed E-state index contributed by atoms with van der Waals surface area (Å²) in [6, 6.07) is 2.00. The second-order valence-corrected chi connectivity index (χ2v) is 4.54. The van der Waals surface area contributed by atoms with Gasteiger partial charge in [-0.25, -0.2) is 0 Å². The van der Waals surface area contributed by atoms with E-state index in [1.807, 2.05) is 12.1 Å².